The van der Waals surface area contributed by atoms with E-state index in [9.17, 15) is 0 Å². The lowest BCUT2D eigenvalue weighted by Crippen LogP contribution is -2.37. The van der Waals surface area contributed by atoms with Crippen molar-refractivity contribution in [3.63, 3.8) is 0 Å². The third kappa shape index (κ3) is 2.48. The van der Waals surface area contributed by atoms with Crippen molar-refractivity contribution in [3.05, 3.63) is 0 Å². The molecule has 0 heterocycles. The Morgan fingerprint density at radius 3 is 2.33 bits per heavy atom. The summed E-state index contributed by atoms with van der Waals surface area (Å²) in [6.07, 6.45) is 8.33. The topological polar surface area (TPSA) is 26.0 Å². The lowest BCUT2D eigenvalue weighted by molar-refractivity contribution is 0.124. The molecular weight excluding hydrogens is 146 g/mol. The van der Waals surface area contributed by atoms with Crippen LogP contribution in [-0.4, -0.2) is 6.54 Å². The Kier molecular flexibility index (Phi) is 3.57. The van der Waals surface area contributed by atoms with Crippen LogP contribution in [0.2, 0.25) is 0 Å². The quantitative estimate of drug-likeness (QED) is 0.673. The summed E-state index contributed by atoms with van der Waals surface area (Å²) < 4.78 is 0. The fraction of sp³-hybridized carbons (Fsp3) is 1.00. The smallest absolute Gasteiger partial charge is 0.00205 e. The summed E-state index contributed by atoms with van der Waals surface area (Å²) >= 11 is 0. The van der Waals surface area contributed by atoms with E-state index in [-0.39, 0.29) is 0 Å². The standard InChI is InChI=1S/C11H23N/c1-10(2)5-3-6-11(9-12)7-4-8-11/h10H,3-9,12H2,1-2H3. The molecule has 0 aromatic heterocycles. The van der Waals surface area contributed by atoms with E-state index in [1.807, 2.05) is 0 Å². The molecule has 0 aromatic carbocycles. The van der Waals surface area contributed by atoms with Crippen LogP contribution in [0.1, 0.15) is 52.4 Å². The van der Waals surface area contributed by atoms with Crippen LogP contribution >= 0.6 is 0 Å². The van der Waals surface area contributed by atoms with E-state index >= 15 is 0 Å². The van der Waals surface area contributed by atoms with Crippen LogP contribution in [0, 0.1) is 11.3 Å². The molecule has 0 aliphatic heterocycles. The van der Waals surface area contributed by atoms with E-state index in [0.29, 0.717) is 5.41 Å². The summed E-state index contributed by atoms with van der Waals surface area (Å²) in [7, 11) is 0. The maximum atomic E-state index is 5.79. The number of hydrogen-bond donors (Lipinski definition) is 1. The molecule has 0 aromatic rings. The summed E-state index contributed by atoms with van der Waals surface area (Å²) in [4.78, 5) is 0. The van der Waals surface area contributed by atoms with Gasteiger partial charge >= 0.3 is 0 Å². The summed E-state index contributed by atoms with van der Waals surface area (Å²) in [6, 6.07) is 0. The second-order valence-electron chi connectivity index (χ2n) is 4.84. The maximum absolute atomic E-state index is 5.79. The highest BCUT2D eigenvalue weighted by Crippen LogP contribution is 2.44. The van der Waals surface area contributed by atoms with Crippen LogP contribution in [0.25, 0.3) is 0 Å². The minimum atomic E-state index is 0.578. The first-order valence-electron chi connectivity index (χ1n) is 5.39. The Balaban J connectivity index is 2.12. The molecule has 1 rings (SSSR count). The third-order valence-corrected chi connectivity index (χ3v) is 3.34. The van der Waals surface area contributed by atoms with E-state index < -0.39 is 0 Å². The highest BCUT2D eigenvalue weighted by atomic mass is 14.6. The van der Waals surface area contributed by atoms with Crippen LogP contribution in [0.15, 0.2) is 0 Å². The molecule has 72 valence electrons. The Bertz CT molecular complexity index is 119. The average Bonchev–Trinajstić information content (AvgIpc) is 1.94. The van der Waals surface area contributed by atoms with Crippen molar-refractivity contribution >= 4 is 0 Å². The van der Waals surface area contributed by atoms with Gasteiger partial charge in [0.05, 0.1) is 0 Å². The van der Waals surface area contributed by atoms with Gasteiger partial charge in [-0.05, 0) is 37.1 Å². The Hall–Kier alpha value is -0.0400. The zero-order valence-corrected chi connectivity index (χ0v) is 8.60. The second kappa shape index (κ2) is 4.27. The molecule has 1 aliphatic carbocycles. The van der Waals surface area contributed by atoms with Gasteiger partial charge in [-0.3, -0.25) is 0 Å². The van der Waals surface area contributed by atoms with E-state index in [2.05, 4.69) is 13.8 Å². The van der Waals surface area contributed by atoms with E-state index in [4.69, 9.17) is 5.73 Å². The normalized spacial score (nSPS) is 21.0. The lowest BCUT2D eigenvalue weighted by atomic mass is 9.66. The summed E-state index contributed by atoms with van der Waals surface area (Å²) in [6.45, 7) is 5.52. The van der Waals surface area contributed by atoms with Crippen molar-refractivity contribution in [2.45, 2.75) is 52.4 Å². The summed E-state index contributed by atoms with van der Waals surface area (Å²) in [5.41, 5.74) is 6.36. The van der Waals surface area contributed by atoms with Gasteiger partial charge in [0.1, 0.15) is 0 Å². The molecule has 1 fully saturated rings. The van der Waals surface area contributed by atoms with E-state index in [1.165, 1.54) is 38.5 Å². The first-order chi connectivity index (χ1) is 5.68. The third-order valence-electron chi connectivity index (χ3n) is 3.34. The zero-order valence-electron chi connectivity index (χ0n) is 8.60. The first kappa shape index (κ1) is 10.0. The van der Waals surface area contributed by atoms with Crippen LogP contribution in [0.3, 0.4) is 0 Å². The molecule has 0 spiro atoms. The fourth-order valence-electron chi connectivity index (χ4n) is 2.12. The molecule has 1 nitrogen and oxygen atoms in total. The monoisotopic (exact) mass is 169 g/mol. The van der Waals surface area contributed by atoms with Crippen molar-refractivity contribution in [2.24, 2.45) is 17.1 Å². The highest BCUT2D eigenvalue weighted by molar-refractivity contribution is 4.88. The van der Waals surface area contributed by atoms with Gasteiger partial charge in [0.2, 0.25) is 0 Å². The molecular formula is C11H23N. The minimum Gasteiger partial charge on any atom is -0.330 e. The molecule has 1 heteroatoms. The van der Waals surface area contributed by atoms with Crippen LogP contribution in [-0.2, 0) is 0 Å². The Labute approximate surface area is 76.7 Å². The van der Waals surface area contributed by atoms with Gasteiger partial charge in [-0.25, -0.2) is 0 Å². The molecule has 0 atom stereocenters. The van der Waals surface area contributed by atoms with Gasteiger partial charge in [-0.2, -0.15) is 0 Å². The Morgan fingerprint density at radius 2 is 2.00 bits per heavy atom. The van der Waals surface area contributed by atoms with Gasteiger partial charge in [0.25, 0.3) is 0 Å². The van der Waals surface area contributed by atoms with E-state index in [1.54, 1.807) is 0 Å². The predicted molar refractivity (Wildman–Crippen MR) is 54.0 cm³/mol. The molecule has 0 saturated heterocycles. The largest absolute Gasteiger partial charge is 0.330 e. The molecule has 1 aliphatic rings. The Morgan fingerprint density at radius 1 is 1.33 bits per heavy atom. The molecule has 12 heavy (non-hydrogen) atoms. The van der Waals surface area contributed by atoms with Crippen molar-refractivity contribution < 1.29 is 0 Å². The van der Waals surface area contributed by atoms with Crippen LogP contribution in [0.4, 0.5) is 0 Å². The van der Waals surface area contributed by atoms with Gasteiger partial charge < -0.3 is 5.73 Å². The SMILES string of the molecule is CC(C)CCCC1(CN)CCC1. The van der Waals surface area contributed by atoms with Crippen molar-refractivity contribution in [1.29, 1.82) is 0 Å². The summed E-state index contributed by atoms with van der Waals surface area (Å²) in [5.74, 6) is 0.861. The van der Waals surface area contributed by atoms with Crippen molar-refractivity contribution in [2.75, 3.05) is 6.54 Å². The zero-order chi connectivity index (χ0) is 9.03. The van der Waals surface area contributed by atoms with Crippen LogP contribution < -0.4 is 5.73 Å². The van der Waals surface area contributed by atoms with Gasteiger partial charge in [0, 0.05) is 0 Å². The maximum Gasteiger partial charge on any atom is -0.00205 e. The molecule has 1 saturated carbocycles. The van der Waals surface area contributed by atoms with Gasteiger partial charge in [-0.15, -0.1) is 0 Å². The van der Waals surface area contributed by atoms with Gasteiger partial charge in [0.15, 0.2) is 0 Å². The van der Waals surface area contributed by atoms with Crippen molar-refractivity contribution in [1.82, 2.24) is 0 Å². The fourth-order valence-corrected chi connectivity index (χ4v) is 2.12. The highest BCUT2D eigenvalue weighted by Gasteiger charge is 2.34. The minimum absolute atomic E-state index is 0.578. The summed E-state index contributed by atoms with van der Waals surface area (Å²) in [5, 5.41) is 0. The van der Waals surface area contributed by atoms with E-state index in [0.717, 1.165) is 12.5 Å². The molecule has 0 unspecified atom stereocenters. The van der Waals surface area contributed by atoms with Crippen LogP contribution in [0.5, 0.6) is 0 Å². The number of rotatable bonds is 5. The number of hydrogen-bond acceptors (Lipinski definition) is 1. The average molecular weight is 169 g/mol. The second-order valence-corrected chi connectivity index (χ2v) is 4.84. The molecule has 0 bridgehead atoms. The molecule has 0 radical (unpaired) electrons. The molecule has 2 N–H and O–H groups in total. The van der Waals surface area contributed by atoms with Crippen molar-refractivity contribution in [3.8, 4) is 0 Å². The predicted octanol–water partition coefficient (Wildman–Crippen LogP) is 2.94. The first-order valence-corrected chi connectivity index (χ1v) is 5.39. The molecule has 0 amide bonds. The van der Waals surface area contributed by atoms with Gasteiger partial charge in [-0.1, -0.05) is 33.1 Å². The lowest BCUT2D eigenvalue weighted by Gasteiger charge is -2.41. The number of nitrogens with two attached hydrogens (primary N) is 1.